The average molecular weight is 196 g/mol. The molecule has 1 aliphatic heterocycles. The fourth-order valence-corrected chi connectivity index (χ4v) is 2.81. The van der Waals surface area contributed by atoms with Crippen molar-refractivity contribution in [2.45, 2.75) is 26.4 Å². The molecule has 3 heteroatoms. The quantitative estimate of drug-likeness (QED) is 0.680. The molecule has 1 aliphatic rings. The Morgan fingerprint density at radius 2 is 2.23 bits per heavy atom. The molecule has 0 amide bonds. The van der Waals surface area contributed by atoms with Crippen LogP contribution in [0.25, 0.3) is 0 Å². The molecule has 2 rings (SSSR count). The second-order valence-corrected chi connectivity index (χ2v) is 4.86. The predicted octanol–water partition coefficient (Wildman–Crippen LogP) is 2.37. The molecule has 0 saturated carbocycles. The van der Waals surface area contributed by atoms with Gasteiger partial charge >= 0.3 is 0 Å². The van der Waals surface area contributed by atoms with Crippen LogP contribution in [-0.4, -0.2) is 24.7 Å². The number of nitrogens with zero attached hydrogens (tertiary/aromatic N) is 2. The van der Waals surface area contributed by atoms with E-state index in [1.165, 1.54) is 10.6 Å². The van der Waals surface area contributed by atoms with Crippen LogP contribution in [0.4, 0.5) is 5.00 Å². The molecule has 13 heavy (non-hydrogen) atoms. The second kappa shape index (κ2) is 3.31. The molecule has 72 valence electrons. The van der Waals surface area contributed by atoms with E-state index in [0.717, 1.165) is 13.2 Å². The monoisotopic (exact) mass is 196 g/mol. The molecule has 2 nitrogen and oxygen atoms in total. The first-order valence-corrected chi connectivity index (χ1v) is 5.58. The van der Waals surface area contributed by atoms with Crippen molar-refractivity contribution in [3.8, 4) is 0 Å². The smallest absolute Gasteiger partial charge is 0.0967 e. The molecule has 1 aromatic rings. The van der Waals surface area contributed by atoms with Gasteiger partial charge in [0.2, 0.25) is 0 Å². The molecule has 0 atom stereocenters. The van der Waals surface area contributed by atoms with Gasteiger partial charge in [0.25, 0.3) is 0 Å². The first kappa shape index (κ1) is 9.03. The van der Waals surface area contributed by atoms with Crippen LogP contribution in [0.3, 0.4) is 0 Å². The molecule has 0 N–H and O–H groups in total. The van der Waals surface area contributed by atoms with Crippen molar-refractivity contribution in [2.75, 3.05) is 18.6 Å². The average Bonchev–Trinajstić information content (AvgIpc) is 2.49. The molecule has 1 aromatic heterocycles. The van der Waals surface area contributed by atoms with E-state index in [4.69, 9.17) is 0 Å². The predicted molar refractivity (Wildman–Crippen MR) is 58.3 cm³/mol. The lowest BCUT2D eigenvalue weighted by atomic mass is 10.2. The van der Waals surface area contributed by atoms with Gasteiger partial charge in [0.1, 0.15) is 0 Å². The van der Waals surface area contributed by atoms with Crippen molar-refractivity contribution >= 4 is 16.3 Å². The fourth-order valence-electron chi connectivity index (χ4n) is 1.76. The van der Waals surface area contributed by atoms with Gasteiger partial charge in [-0.2, -0.15) is 0 Å². The second-order valence-electron chi connectivity index (χ2n) is 3.97. The summed E-state index contributed by atoms with van der Waals surface area (Å²) in [5.74, 6) is 0. The summed E-state index contributed by atoms with van der Waals surface area (Å²) in [4.78, 5) is 4.82. The topological polar surface area (TPSA) is 6.48 Å². The van der Waals surface area contributed by atoms with Crippen molar-refractivity contribution in [3.63, 3.8) is 0 Å². The summed E-state index contributed by atoms with van der Waals surface area (Å²) in [6.07, 6.45) is 0. The zero-order chi connectivity index (χ0) is 9.42. The maximum absolute atomic E-state index is 2.46. The standard InChI is InChI=1S/C10H16N2S/c1-8(2)12-7-11(3)6-9-4-5-13-10(9)12/h4-5,8H,6-7H2,1-3H3. The summed E-state index contributed by atoms with van der Waals surface area (Å²) in [7, 11) is 2.18. The van der Waals surface area contributed by atoms with Gasteiger partial charge in [0.05, 0.1) is 11.7 Å². The Bertz CT molecular complexity index is 293. The van der Waals surface area contributed by atoms with E-state index in [1.807, 2.05) is 11.3 Å². The SMILES string of the molecule is CC(C)N1CN(C)Cc2ccsc21. The van der Waals surface area contributed by atoms with Crippen molar-refractivity contribution in [1.29, 1.82) is 0 Å². The summed E-state index contributed by atoms with van der Waals surface area (Å²) in [5, 5.41) is 3.66. The van der Waals surface area contributed by atoms with E-state index in [1.54, 1.807) is 0 Å². The number of anilines is 1. The highest BCUT2D eigenvalue weighted by Gasteiger charge is 2.22. The highest BCUT2D eigenvalue weighted by molar-refractivity contribution is 7.14. The summed E-state index contributed by atoms with van der Waals surface area (Å²) >= 11 is 1.86. The summed E-state index contributed by atoms with van der Waals surface area (Å²) in [5.41, 5.74) is 1.48. The highest BCUT2D eigenvalue weighted by atomic mass is 32.1. The van der Waals surface area contributed by atoms with Crippen LogP contribution in [0.1, 0.15) is 19.4 Å². The zero-order valence-corrected chi connectivity index (χ0v) is 9.27. The maximum atomic E-state index is 2.46. The Hall–Kier alpha value is -0.540. The van der Waals surface area contributed by atoms with E-state index < -0.39 is 0 Å². The lowest BCUT2D eigenvalue weighted by Crippen LogP contribution is -2.43. The van der Waals surface area contributed by atoms with Gasteiger partial charge in [-0.1, -0.05) is 0 Å². The van der Waals surface area contributed by atoms with Crippen LogP contribution < -0.4 is 4.90 Å². The van der Waals surface area contributed by atoms with Gasteiger partial charge in [-0.15, -0.1) is 11.3 Å². The number of hydrogen-bond acceptors (Lipinski definition) is 3. The molecule has 0 unspecified atom stereocenters. The van der Waals surface area contributed by atoms with Crippen molar-refractivity contribution in [3.05, 3.63) is 17.0 Å². The van der Waals surface area contributed by atoms with Crippen LogP contribution in [0.5, 0.6) is 0 Å². The molecule has 0 radical (unpaired) electrons. The van der Waals surface area contributed by atoms with E-state index in [9.17, 15) is 0 Å². The maximum Gasteiger partial charge on any atom is 0.0967 e. The molecular formula is C10H16N2S. The number of hydrogen-bond donors (Lipinski definition) is 0. The molecular weight excluding hydrogens is 180 g/mol. The van der Waals surface area contributed by atoms with E-state index in [2.05, 4.69) is 42.1 Å². The van der Waals surface area contributed by atoms with E-state index in [0.29, 0.717) is 6.04 Å². The normalized spacial score (nSPS) is 18.0. The van der Waals surface area contributed by atoms with Gasteiger partial charge in [0.15, 0.2) is 0 Å². The third-order valence-electron chi connectivity index (χ3n) is 2.44. The van der Waals surface area contributed by atoms with Gasteiger partial charge in [-0.3, -0.25) is 4.90 Å². The first-order valence-electron chi connectivity index (χ1n) is 4.70. The minimum absolute atomic E-state index is 0.597. The molecule has 0 aromatic carbocycles. The minimum Gasteiger partial charge on any atom is -0.348 e. The van der Waals surface area contributed by atoms with Gasteiger partial charge in [-0.05, 0) is 32.3 Å². The fraction of sp³-hybridized carbons (Fsp3) is 0.600. The summed E-state index contributed by atoms with van der Waals surface area (Å²) in [6, 6.07) is 2.84. The van der Waals surface area contributed by atoms with Crippen molar-refractivity contribution in [1.82, 2.24) is 4.90 Å². The molecule has 2 heterocycles. The molecule has 0 aliphatic carbocycles. The zero-order valence-electron chi connectivity index (χ0n) is 8.45. The molecule has 0 spiro atoms. The highest BCUT2D eigenvalue weighted by Crippen LogP contribution is 2.33. The molecule has 0 bridgehead atoms. The lowest BCUT2D eigenvalue weighted by Gasteiger charge is -2.37. The Morgan fingerprint density at radius 1 is 1.46 bits per heavy atom. The Morgan fingerprint density at radius 3 is 2.92 bits per heavy atom. The largest absolute Gasteiger partial charge is 0.348 e. The van der Waals surface area contributed by atoms with Crippen LogP contribution in [0, 0.1) is 0 Å². The van der Waals surface area contributed by atoms with Crippen molar-refractivity contribution < 1.29 is 0 Å². The summed E-state index contributed by atoms with van der Waals surface area (Å²) in [6.45, 7) is 6.67. The van der Waals surface area contributed by atoms with Crippen molar-refractivity contribution in [2.24, 2.45) is 0 Å². The van der Waals surface area contributed by atoms with Crippen LogP contribution >= 0.6 is 11.3 Å². The van der Waals surface area contributed by atoms with Crippen LogP contribution in [0.2, 0.25) is 0 Å². The first-order chi connectivity index (χ1) is 6.18. The summed E-state index contributed by atoms with van der Waals surface area (Å²) < 4.78 is 0. The Labute approximate surface area is 83.8 Å². The van der Waals surface area contributed by atoms with Gasteiger partial charge < -0.3 is 4.90 Å². The Balaban J connectivity index is 2.32. The van der Waals surface area contributed by atoms with E-state index in [-0.39, 0.29) is 0 Å². The van der Waals surface area contributed by atoms with Gasteiger partial charge in [0, 0.05) is 18.2 Å². The minimum atomic E-state index is 0.597. The third kappa shape index (κ3) is 1.58. The van der Waals surface area contributed by atoms with E-state index >= 15 is 0 Å². The number of rotatable bonds is 1. The molecule has 0 saturated heterocycles. The van der Waals surface area contributed by atoms with Crippen LogP contribution in [-0.2, 0) is 6.54 Å². The molecule has 0 fully saturated rings. The number of fused-ring (bicyclic) bond motifs is 1. The number of thiophene rings is 1. The Kier molecular flexibility index (Phi) is 2.30. The van der Waals surface area contributed by atoms with Crippen LogP contribution in [0.15, 0.2) is 11.4 Å². The van der Waals surface area contributed by atoms with Gasteiger partial charge in [-0.25, -0.2) is 0 Å². The third-order valence-corrected chi connectivity index (χ3v) is 3.43. The lowest BCUT2D eigenvalue weighted by molar-refractivity contribution is 0.302.